The number of amides is 1. The largest absolute Gasteiger partial charge is 0.455 e. The zero-order chi connectivity index (χ0) is 20.9. The van der Waals surface area contributed by atoms with Crippen molar-refractivity contribution in [1.29, 1.82) is 0 Å². The van der Waals surface area contributed by atoms with Crippen LogP contribution in [0.15, 0.2) is 34.9 Å². The van der Waals surface area contributed by atoms with Gasteiger partial charge >= 0.3 is 5.97 Å². The number of ether oxygens (including phenoxy) is 1. The number of piperazine rings is 1. The molecular formula is C19H19ClN4O3S3. The number of thiophene rings is 2. The third kappa shape index (κ3) is 5.50. The van der Waals surface area contributed by atoms with Crippen LogP contribution < -0.4 is 0 Å². The highest BCUT2D eigenvalue weighted by molar-refractivity contribution is 8.00. The summed E-state index contributed by atoms with van der Waals surface area (Å²) in [6, 6.07) is 5.87. The molecule has 0 N–H and O–H groups in total. The molecule has 1 amide bonds. The van der Waals surface area contributed by atoms with Crippen LogP contribution in [0.2, 0.25) is 4.34 Å². The zero-order valence-corrected chi connectivity index (χ0v) is 19.2. The van der Waals surface area contributed by atoms with Crippen molar-refractivity contribution in [2.75, 3.05) is 38.5 Å². The summed E-state index contributed by atoms with van der Waals surface area (Å²) in [5.74, 6) is -0.482. The van der Waals surface area contributed by atoms with Gasteiger partial charge in [0.1, 0.15) is 16.2 Å². The maximum Gasteiger partial charge on any atom is 0.316 e. The van der Waals surface area contributed by atoms with Gasteiger partial charge in [-0.15, -0.1) is 22.7 Å². The summed E-state index contributed by atoms with van der Waals surface area (Å²) in [7, 11) is 0. The third-order valence-electron chi connectivity index (χ3n) is 4.64. The van der Waals surface area contributed by atoms with Gasteiger partial charge in [0.15, 0.2) is 6.61 Å². The molecule has 0 bridgehead atoms. The summed E-state index contributed by atoms with van der Waals surface area (Å²) in [6.07, 6.45) is 1.49. The van der Waals surface area contributed by atoms with Crippen molar-refractivity contribution in [1.82, 2.24) is 19.8 Å². The van der Waals surface area contributed by atoms with Gasteiger partial charge < -0.3 is 9.64 Å². The molecule has 0 saturated carbocycles. The van der Waals surface area contributed by atoms with E-state index in [1.54, 1.807) is 16.2 Å². The number of esters is 1. The predicted molar refractivity (Wildman–Crippen MR) is 120 cm³/mol. The van der Waals surface area contributed by atoms with Gasteiger partial charge in [0.05, 0.1) is 10.1 Å². The van der Waals surface area contributed by atoms with Crippen LogP contribution in [-0.4, -0.2) is 70.2 Å². The number of aromatic nitrogens is 2. The molecule has 1 saturated heterocycles. The van der Waals surface area contributed by atoms with Gasteiger partial charge in [-0.1, -0.05) is 23.4 Å². The highest BCUT2D eigenvalue weighted by atomic mass is 35.5. The molecular weight excluding hydrogens is 464 g/mol. The number of hydrogen-bond acceptors (Lipinski definition) is 9. The fraction of sp³-hybridized carbons (Fsp3) is 0.368. The summed E-state index contributed by atoms with van der Waals surface area (Å²) >= 11 is 10.4. The number of fused-ring (bicyclic) bond motifs is 1. The first kappa shape index (κ1) is 21.5. The Hall–Kier alpha value is -1.72. The summed E-state index contributed by atoms with van der Waals surface area (Å²) in [6.45, 7) is 3.44. The molecule has 7 nitrogen and oxygen atoms in total. The summed E-state index contributed by atoms with van der Waals surface area (Å²) in [4.78, 5) is 39.0. The second kappa shape index (κ2) is 10.1. The van der Waals surface area contributed by atoms with E-state index >= 15 is 0 Å². The van der Waals surface area contributed by atoms with Crippen molar-refractivity contribution in [3.8, 4) is 0 Å². The monoisotopic (exact) mass is 482 g/mol. The Bertz CT molecular complexity index is 1030. The number of carbonyl (C=O) groups excluding carboxylic acids is 2. The lowest BCUT2D eigenvalue weighted by atomic mass is 10.3. The van der Waals surface area contributed by atoms with Gasteiger partial charge in [-0.3, -0.25) is 14.5 Å². The number of hydrogen-bond donors (Lipinski definition) is 0. The van der Waals surface area contributed by atoms with Crippen molar-refractivity contribution in [3.05, 3.63) is 39.1 Å². The molecule has 3 aromatic heterocycles. The van der Waals surface area contributed by atoms with Crippen molar-refractivity contribution >= 4 is 68.1 Å². The average Bonchev–Trinajstić information content (AvgIpc) is 3.40. The summed E-state index contributed by atoms with van der Waals surface area (Å²) in [5.41, 5.74) is 0. The smallest absolute Gasteiger partial charge is 0.316 e. The van der Waals surface area contributed by atoms with Gasteiger partial charge in [-0.05, 0) is 23.6 Å². The van der Waals surface area contributed by atoms with E-state index in [4.69, 9.17) is 16.3 Å². The first-order chi connectivity index (χ1) is 14.6. The lowest BCUT2D eigenvalue weighted by Gasteiger charge is -2.34. The molecule has 4 rings (SSSR count). The van der Waals surface area contributed by atoms with Crippen LogP contribution in [0.4, 0.5) is 0 Å². The van der Waals surface area contributed by atoms with Gasteiger partial charge in [-0.25, -0.2) is 9.97 Å². The topological polar surface area (TPSA) is 75.6 Å². The highest BCUT2D eigenvalue weighted by Gasteiger charge is 2.22. The molecule has 0 unspecified atom stereocenters. The molecule has 0 atom stereocenters. The second-order valence-corrected chi connectivity index (χ2v) is 10.3. The molecule has 0 radical (unpaired) electrons. The van der Waals surface area contributed by atoms with Gasteiger partial charge in [-0.2, -0.15) is 0 Å². The number of carbonyl (C=O) groups is 2. The van der Waals surface area contributed by atoms with E-state index in [9.17, 15) is 9.59 Å². The lowest BCUT2D eigenvalue weighted by molar-refractivity contribution is -0.150. The molecule has 30 heavy (non-hydrogen) atoms. The van der Waals surface area contributed by atoms with E-state index in [1.807, 2.05) is 23.6 Å². The van der Waals surface area contributed by atoms with E-state index in [1.165, 1.54) is 34.3 Å². The van der Waals surface area contributed by atoms with Crippen molar-refractivity contribution in [2.45, 2.75) is 11.6 Å². The summed E-state index contributed by atoms with van der Waals surface area (Å²) < 4.78 is 5.97. The molecule has 0 spiro atoms. The molecule has 1 aliphatic rings. The fourth-order valence-electron chi connectivity index (χ4n) is 3.10. The van der Waals surface area contributed by atoms with Crippen molar-refractivity contribution in [2.24, 2.45) is 0 Å². The normalized spacial score (nSPS) is 14.9. The standard InChI is InChI=1S/C19H19ClN4O3S3/c20-15-2-1-13(30-15)9-23-4-6-24(7-5-23)16(25)10-27-17(26)11-29-19-14-3-8-28-18(14)21-12-22-19/h1-3,8,12H,4-7,9-11H2. The third-order valence-corrected chi connectivity index (χ3v) is 7.66. The van der Waals surface area contributed by atoms with Crippen molar-refractivity contribution < 1.29 is 14.3 Å². The number of thioether (sulfide) groups is 1. The Morgan fingerprint density at radius 1 is 1.17 bits per heavy atom. The van der Waals surface area contributed by atoms with Crippen LogP contribution in [0.1, 0.15) is 4.88 Å². The minimum Gasteiger partial charge on any atom is -0.455 e. The molecule has 3 aromatic rings. The minimum atomic E-state index is -0.427. The summed E-state index contributed by atoms with van der Waals surface area (Å²) in [5, 5.41) is 3.61. The first-order valence-corrected chi connectivity index (χ1v) is 12.4. The van der Waals surface area contributed by atoms with Gasteiger partial charge in [0.25, 0.3) is 5.91 Å². The van der Waals surface area contributed by atoms with E-state index in [0.29, 0.717) is 13.1 Å². The zero-order valence-electron chi connectivity index (χ0n) is 16.0. The lowest BCUT2D eigenvalue weighted by Crippen LogP contribution is -2.49. The maximum absolute atomic E-state index is 12.4. The Kier molecular flexibility index (Phi) is 7.21. The minimum absolute atomic E-state index is 0.104. The van der Waals surface area contributed by atoms with E-state index < -0.39 is 5.97 Å². The molecule has 4 heterocycles. The van der Waals surface area contributed by atoms with Crippen molar-refractivity contribution in [3.63, 3.8) is 0 Å². The highest BCUT2D eigenvalue weighted by Crippen LogP contribution is 2.27. The van der Waals surface area contributed by atoms with E-state index in [0.717, 1.165) is 39.2 Å². The van der Waals surface area contributed by atoms with Crippen LogP contribution in [0, 0.1) is 0 Å². The SMILES string of the molecule is O=C(CSc1ncnc2sccc12)OCC(=O)N1CCN(Cc2ccc(Cl)s2)CC1. The molecule has 1 aliphatic heterocycles. The van der Waals surface area contributed by atoms with E-state index in [2.05, 4.69) is 14.9 Å². The molecule has 11 heteroatoms. The Morgan fingerprint density at radius 3 is 2.77 bits per heavy atom. The van der Waals surface area contributed by atoms with Gasteiger partial charge in [0, 0.05) is 43.0 Å². The fourth-order valence-corrected chi connectivity index (χ4v) is 5.80. The Balaban J connectivity index is 1.17. The van der Waals surface area contributed by atoms with Crippen LogP contribution in [0.5, 0.6) is 0 Å². The maximum atomic E-state index is 12.4. The second-order valence-electron chi connectivity index (χ2n) is 6.63. The quantitative estimate of drug-likeness (QED) is 0.290. The van der Waals surface area contributed by atoms with Crippen LogP contribution >= 0.6 is 46.0 Å². The van der Waals surface area contributed by atoms with E-state index in [-0.39, 0.29) is 18.3 Å². The predicted octanol–water partition coefficient (Wildman–Crippen LogP) is 3.39. The Labute approximate surface area is 191 Å². The Morgan fingerprint density at radius 2 is 2.00 bits per heavy atom. The molecule has 0 aliphatic carbocycles. The van der Waals surface area contributed by atoms with Gasteiger partial charge in [0.2, 0.25) is 0 Å². The average molecular weight is 483 g/mol. The number of nitrogens with zero attached hydrogens (tertiary/aromatic N) is 4. The number of rotatable bonds is 7. The van der Waals surface area contributed by atoms with Crippen LogP contribution in [0.3, 0.4) is 0 Å². The molecule has 1 fully saturated rings. The molecule has 158 valence electrons. The van der Waals surface area contributed by atoms with Crippen LogP contribution in [-0.2, 0) is 20.9 Å². The first-order valence-electron chi connectivity index (χ1n) is 9.29. The molecule has 0 aromatic carbocycles. The van der Waals surface area contributed by atoms with Crippen LogP contribution in [0.25, 0.3) is 10.2 Å². The number of halogens is 1.